The zero-order valence-corrected chi connectivity index (χ0v) is 7.82. The van der Waals surface area contributed by atoms with Gasteiger partial charge in [0.2, 0.25) is 11.6 Å². The van der Waals surface area contributed by atoms with Crippen molar-refractivity contribution in [2.45, 2.75) is 12.8 Å². The van der Waals surface area contributed by atoms with Gasteiger partial charge >= 0.3 is 0 Å². The van der Waals surface area contributed by atoms with Gasteiger partial charge in [-0.05, 0) is 0 Å². The number of halogens is 2. The van der Waals surface area contributed by atoms with Crippen LogP contribution in [0.1, 0.15) is 12.8 Å². The van der Waals surface area contributed by atoms with Crippen LogP contribution < -0.4 is 0 Å². The molecule has 0 saturated carbocycles. The van der Waals surface area contributed by atoms with Crippen molar-refractivity contribution < 1.29 is 14.4 Å². The van der Waals surface area contributed by atoms with E-state index in [0.717, 1.165) is 0 Å². The Morgan fingerprint density at radius 3 is 1.42 bits per heavy atom. The highest BCUT2D eigenvalue weighted by molar-refractivity contribution is 6.64. The fourth-order valence-corrected chi connectivity index (χ4v) is 0.897. The first-order valence-electron chi connectivity index (χ1n) is 3.35. The summed E-state index contributed by atoms with van der Waals surface area (Å²) in [6.45, 7) is 0. The van der Waals surface area contributed by atoms with Crippen molar-refractivity contribution in [2.24, 2.45) is 0 Å². The van der Waals surface area contributed by atoms with Gasteiger partial charge in [0.1, 0.15) is 0 Å². The molecule has 0 amide bonds. The highest BCUT2D eigenvalue weighted by Crippen LogP contribution is 1.94. The first-order valence-corrected chi connectivity index (χ1v) is 4.42. The van der Waals surface area contributed by atoms with E-state index in [0.29, 0.717) is 0 Å². The Morgan fingerprint density at radius 2 is 1.17 bits per heavy atom. The quantitative estimate of drug-likeness (QED) is 0.373. The van der Waals surface area contributed by atoms with Gasteiger partial charge in [-0.25, -0.2) is 0 Å². The summed E-state index contributed by atoms with van der Waals surface area (Å²) in [6.07, 6.45) is -0.178. The van der Waals surface area contributed by atoms with Crippen LogP contribution in [0.5, 0.6) is 0 Å². The third-order valence-corrected chi connectivity index (χ3v) is 1.53. The normalized spacial score (nSPS) is 9.50. The predicted molar refractivity (Wildman–Crippen MR) is 45.7 cm³/mol. The SMILES string of the molecule is O=C(CCCl)C(=O)C(=O)CCCl. The van der Waals surface area contributed by atoms with E-state index in [1.54, 1.807) is 0 Å². The summed E-state index contributed by atoms with van der Waals surface area (Å²) >= 11 is 10.4. The van der Waals surface area contributed by atoms with E-state index in [1.807, 2.05) is 0 Å². The minimum atomic E-state index is -0.990. The first kappa shape index (κ1) is 11.6. The predicted octanol–water partition coefficient (Wildman–Crippen LogP) is 0.951. The number of hydrogen-bond donors (Lipinski definition) is 0. The zero-order valence-electron chi connectivity index (χ0n) is 6.31. The highest BCUT2D eigenvalue weighted by atomic mass is 35.5. The lowest BCUT2D eigenvalue weighted by atomic mass is 10.1. The van der Waals surface area contributed by atoms with Gasteiger partial charge in [-0.1, -0.05) is 0 Å². The number of hydrogen-bond acceptors (Lipinski definition) is 3. The summed E-state index contributed by atoms with van der Waals surface area (Å²) in [4.78, 5) is 32.3. The summed E-state index contributed by atoms with van der Waals surface area (Å²) in [5.74, 6) is -2.35. The van der Waals surface area contributed by atoms with Crippen molar-refractivity contribution in [1.29, 1.82) is 0 Å². The molecule has 5 heteroatoms. The lowest BCUT2D eigenvalue weighted by Crippen LogP contribution is -2.24. The van der Waals surface area contributed by atoms with Crippen molar-refractivity contribution in [2.75, 3.05) is 11.8 Å². The average molecular weight is 211 g/mol. The van der Waals surface area contributed by atoms with Crippen molar-refractivity contribution in [3.05, 3.63) is 0 Å². The average Bonchev–Trinajstić information content (AvgIpc) is 2.04. The summed E-state index contributed by atoms with van der Waals surface area (Å²) in [5.41, 5.74) is 0. The van der Waals surface area contributed by atoms with E-state index < -0.39 is 17.3 Å². The Morgan fingerprint density at radius 1 is 0.833 bits per heavy atom. The fraction of sp³-hybridized carbons (Fsp3) is 0.571. The van der Waals surface area contributed by atoms with Gasteiger partial charge in [-0.15, -0.1) is 23.2 Å². The molecule has 0 radical (unpaired) electrons. The molecule has 0 atom stereocenters. The van der Waals surface area contributed by atoms with Gasteiger partial charge in [0.15, 0.2) is 0 Å². The highest BCUT2D eigenvalue weighted by Gasteiger charge is 2.20. The first-order chi connectivity index (χ1) is 5.63. The molecule has 12 heavy (non-hydrogen) atoms. The van der Waals surface area contributed by atoms with Crippen LogP contribution in [0.25, 0.3) is 0 Å². The molecule has 0 saturated heterocycles. The molecule has 68 valence electrons. The van der Waals surface area contributed by atoms with Crippen LogP contribution in [0.15, 0.2) is 0 Å². The van der Waals surface area contributed by atoms with Crippen LogP contribution >= 0.6 is 23.2 Å². The molecule has 0 heterocycles. The Balaban J connectivity index is 4.01. The topological polar surface area (TPSA) is 51.2 Å². The fourth-order valence-electron chi connectivity index (χ4n) is 0.554. The van der Waals surface area contributed by atoms with Gasteiger partial charge in [0.05, 0.1) is 0 Å². The number of Topliss-reactive ketones (excluding diaryl/α,β-unsaturated/α-hetero) is 3. The molecule has 0 aromatic rings. The monoisotopic (exact) mass is 210 g/mol. The minimum Gasteiger partial charge on any atom is -0.290 e. The second kappa shape index (κ2) is 6.14. The van der Waals surface area contributed by atoms with E-state index in [2.05, 4.69) is 0 Å². The van der Waals surface area contributed by atoms with Crippen molar-refractivity contribution in [3.63, 3.8) is 0 Å². The van der Waals surface area contributed by atoms with Gasteiger partial charge < -0.3 is 0 Å². The summed E-state index contributed by atoms with van der Waals surface area (Å²) < 4.78 is 0. The third kappa shape index (κ3) is 3.83. The molecule has 0 unspecified atom stereocenters. The minimum absolute atomic E-state index is 0.0543. The lowest BCUT2D eigenvalue weighted by molar-refractivity contribution is -0.143. The van der Waals surface area contributed by atoms with E-state index in [4.69, 9.17) is 23.2 Å². The molecule has 0 N–H and O–H groups in total. The van der Waals surface area contributed by atoms with Gasteiger partial charge in [0.25, 0.3) is 5.78 Å². The molecule has 0 fully saturated rings. The second-order valence-corrected chi connectivity index (χ2v) is 2.81. The third-order valence-electron chi connectivity index (χ3n) is 1.15. The number of alkyl halides is 2. The molecule has 0 aliphatic carbocycles. The van der Waals surface area contributed by atoms with Crippen molar-refractivity contribution in [3.8, 4) is 0 Å². The molecule has 0 aliphatic heterocycles. The van der Waals surface area contributed by atoms with E-state index in [-0.39, 0.29) is 24.6 Å². The van der Waals surface area contributed by atoms with Crippen LogP contribution in [0.3, 0.4) is 0 Å². The molecule has 0 spiro atoms. The number of rotatable bonds is 6. The second-order valence-electron chi connectivity index (χ2n) is 2.05. The maximum atomic E-state index is 10.8. The van der Waals surface area contributed by atoms with Crippen LogP contribution in [-0.2, 0) is 14.4 Å². The standard InChI is InChI=1S/C7H8Cl2O3/c8-3-1-5(10)7(12)6(11)2-4-9/h1-4H2. The van der Waals surface area contributed by atoms with Gasteiger partial charge in [-0.2, -0.15) is 0 Å². The molecule has 0 aromatic carbocycles. The Kier molecular flexibility index (Phi) is 5.93. The molecule has 0 aromatic heterocycles. The van der Waals surface area contributed by atoms with Crippen molar-refractivity contribution >= 4 is 40.6 Å². The molecular formula is C7H8Cl2O3. The molecule has 0 rings (SSSR count). The number of ketones is 3. The Labute approximate surface area is 80.0 Å². The lowest BCUT2D eigenvalue weighted by Gasteiger charge is -1.94. The molecular weight excluding hydrogens is 203 g/mol. The van der Waals surface area contributed by atoms with Crippen LogP contribution in [0, 0.1) is 0 Å². The van der Waals surface area contributed by atoms with E-state index in [1.165, 1.54) is 0 Å². The summed E-state index contributed by atoms with van der Waals surface area (Å²) in [7, 11) is 0. The number of carbonyl (C=O) groups is 3. The van der Waals surface area contributed by atoms with E-state index >= 15 is 0 Å². The Hall–Kier alpha value is -0.410. The zero-order chi connectivity index (χ0) is 9.56. The maximum absolute atomic E-state index is 10.8. The largest absolute Gasteiger partial charge is 0.290 e. The summed E-state index contributed by atoms with van der Waals surface area (Å²) in [5, 5.41) is 0. The van der Waals surface area contributed by atoms with Crippen LogP contribution in [0.4, 0.5) is 0 Å². The van der Waals surface area contributed by atoms with Crippen LogP contribution in [-0.4, -0.2) is 29.1 Å². The van der Waals surface area contributed by atoms with Crippen LogP contribution in [0.2, 0.25) is 0 Å². The molecule has 0 bridgehead atoms. The molecule has 3 nitrogen and oxygen atoms in total. The van der Waals surface area contributed by atoms with Gasteiger partial charge in [-0.3, -0.25) is 14.4 Å². The summed E-state index contributed by atoms with van der Waals surface area (Å²) in [6, 6.07) is 0. The Bertz CT molecular complexity index is 181. The van der Waals surface area contributed by atoms with Gasteiger partial charge in [0, 0.05) is 24.6 Å². The maximum Gasteiger partial charge on any atom is 0.264 e. The smallest absolute Gasteiger partial charge is 0.264 e. The van der Waals surface area contributed by atoms with E-state index in [9.17, 15) is 14.4 Å². The van der Waals surface area contributed by atoms with Crippen molar-refractivity contribution in [1.82, 2.24) is 0 Å². The molecule has 0 aliphatic rings. The number of carbonyl (C=O) groups excluding carboxylic acids is 3.